The van der Waals surface area contributed by atoms with Gasteiger partial charge in [0.1, 0.15) is 18.2 Å². The number of benzene rings is 1. The summed E-state index contributed by atoms with van der Waals surface area (Å²) in [4.78, 5) is 11.4. The van der Waals surface area contributed by atoms with Crippen molar-refractivity contribution in [2.75, 3.05) is 45.8 Å². The molecule has 4 rings (SSSR count). The zero-order valence-electron chi connectivity index (χ0n) is 18.7. The summed E-state index contributed by atoms with van der Waals surface area (Å²) in [6, 6.07) is 8.58. The topological polar surface area (TPSA) is 88.8 Å². The predicted octanol–water partition coefficient (Wildman–Crippen LogP) is 1.44. The van der Waals surface area contributed by atoms with Crippen LogP contribution in [0.4, 0.5) is 5.69 Å². The third-order valence-electron chi connectivity index (χ3n) is 6.00. The van der Waals surface area contributed by atoms with Gasteiger partial charge in [-0.3, -0.25) is 4.99 Å². The molecule has 0 spiro atoms. The molecule has 2 aliphatic heterocycles. The van der Waals surface area contributed by atoms with Crippen molar-refractivity contribution >= 4 is 11.6 Å². The summed E-state index contributed by atoms with van der Waals surface area (Å²) in [7, 11) is 5.20. The number of aliphatic imine (C=N–C) groups is 1. The molecule has 168 valence electrons. The van der Waals surface area contributed by atoms with Gasteiger partial charge in [-0.25, -0.2) is 9.67 Å². The van der Waals surface area contributed by atoms with Crippen LogP contribution in [0.1, 0.15) is 24.5 Å². The van der Waals surface area contributed by atoms with Gasteiger partial charge >= 0.3 is 0 Å². The lowest BCUT2D eigenvalue weighted by Gasteiger charge is -2.26. The highest BCUT2D eigenvalue weighted by Gasteiger charge is 2.25. The van der Waals surface area contributed by atoms with E-state index >= 15 is 0 Å². The van der Waals surface area contributed by atoms with Gasteiger partial charge in [-0.15, -0.1) is 0 Å². The Morgan fingerprint density at radius 1 is 1.26 bits per heavy atom. The minimum absolute atomic E-state index is 0.285. The van der Waals surface area contributed by atoms with E-state index in [1.807, 2.05) is 17.8 Å². The molecular formula is C22H33N7O2. The monoisotopic (exact) mass is 427 g/mol. The Balaban J connectivity index is 1.25. The number of hydrogen-bond acceptors (Lipinski definition) is 6. The average molecular weight is 428 g/mol. The Morgan fingerprint density at radius 3 is 2.97 bits per heavy atom. The minimum Gasteiger partial charge on any atom is -0.497 e. The molecule has 1 aromatic heterocycles. The van der Waals surface area contributed by atoms with E-state index in [-0.39, 0.29) is 6.04 Å². The predicted molar refractivity (Wildman–Crippen MR) is 121 cm³/mol. The van der Waals surface area contributed by atoms with Crippen LogP contribution in [-0.2, 0) is 24.3 Å². The van der Waals surface area contributed by atoms with Crippen LogP contribution in [0.15, 0.2) is 29.3 Å². The van der Waals surface area contributed by atoms with Gasteiger partial charge in [-0.05, 0) is 30.9 Å². The quantitative estimate of drug-likeness (QED) is 0.511. The van der Waals surface area contributed by atoms with Crippen molar-refractivity contribution in [2.24, 2.45) is 10.9 Å². The molecule has 0 saturated carbocycles. The molecule has 2 N–H and O–H groups in total. The first kappa shape index (κ1) is 21.4. The molecule has 0 bridgehead atoms. The van der Waals surface area contributed by atoms with E-state index in [2.05, 4.69) is 48.8 Å². The summed E-state index contributed by atoms with van der Waals surface area (Å²) in [5.74, 6) is 4.13. The fraction of sp³-hybridized carbons (Fsp3) is 0.591. The highest BCUT2D eigenvalue weighted by molar-refractivity contribution is 5.80. The van der Waals surface area contributed by atoms with Crippen molar-refractivity contribution in [2.45, 2.75) is 38.5 Å². The highest BCUT2D eigenvalue weighted by Crippen LogP contribution is 2.26. The van der Waals surface area contributed by atoms with Crippen molar-refractivity contribution in [1.82, 2.24) is 25.4 Å². The van der Waals surface area contributed by atoms with E-state index in [1.165, 1.54) is 5.69 Å². The third-order valence-corrected chi connectivity index (χ3v) is 6.00. The first-order valence-electron chi connectivity index (χ1n) is 11.0. The minimum atomic E-state index is 0.285. The van der Waals surface area contributed by atoms with Crippen LogP contribution in [0.25, 0.3) is 0 Å². The zero-order valence-corrected chi connectivity index (χ0v) is 18.7. The second-order valence-electron chi connectivity index (χ2n) is 8.19. The maximum Gasteiger partial charge on any atom is 0.191 e. The Kier molecular flexibility index (Phi) is 6.91. The Morgan fingerprint density at radius 2 is 2.16 bits per heavy atom. The Hall–Kier alpha value is -2.81. The molecule has 2 atom stereocenters. The lowest BCUT2D eigenvalue weighted by Crippen LogP contribution is -2.48. The smallest absolute Gasteiger partial charge is 0.191 e. The second-order valence-corrected chi connectivity index (χ2v) is 8.19. The standard InChI is InChI=1S/C22H33N7O2/c1-23-22(25-17-7-8-21-26-20(15-30-2)27-29(21)14-17)24-12-16-9-10-28(13-16)18-5-4-6-19(11-18)31-3/h4-6,11,16-17H,7-10,12-15H2,1-3H3,(H2,23,24,25). The molecule has 1 aromatic carbocycles. The number of guanidine groups is 1. The summed E-state index contributed by atoms with van der Waals surface area (Å²) in [5, 5.41) is 11.6. The fourth-order valence-electron chi connectivity index (χ4n) is 4.34. The van der Waals surface area contributed by atoms with Gasteiger partial charge in [0.2, 0.25) is 0 Å². The number of nitrogens with zero attached hydrogens (tertiary/aromatic N) is 5. The molecule has 2 aromatic rings. The summed E-state index contributed by atoms with van der Waals surface area (Å²) in [6.45, 7) is 4.24. The van der Waals surface area contributed by atoms with Crippen LogP contribution in [0, 0.1) is 5.92 Å². The van der Waals surface area contributed by atoms with E-state index in [0.717, 1.165) is 68.8 Å². The number of hydrogen-bond donors (Lipinski definition) is 2. The van der Waals surface area contributed by atoms with Crippen molar-refractivity contribution < 1.29 is 9.47 Å². The summed E-state index contributed by atoms with van der Waals surface area (Å²) < 4.78 is 12.5. The molecule has 0 amide bonds. The van der Waals surface area contributed by atoms with Crippen LogP contribution < -0.4 is 20.3 Å². The van der Waals surface area contributed by atoms with Gasteiger partial charge in [-0.1, -0.05) is 6.07 Å². The number of anilines is 1. The molecule has 0 aliphatic carbocycles. The van der Waals surface area contributed by atoms with E-state index < -0.39 is 0 Å². The van der Waals surface area contributed by atoms with E-state index in [1.54, 1.807) is 14.2 Å². The van der Waals surface area contributed by atoms with Gasteiger partial charge in [0.25, 0.3) is 0 Å². The average Bonchev–Trinajstić information content (AvgIpc) is 3.43. The fourth-order valence-corrected chi connectivity index (χ4v) is 4.34. The first-order valence-corrected chi connectivity index (χ1v) is 11.0. The number of ether oxygens (including phenoxy) is 2. The van der Waals surface area contributed by atoms with Crippen LogP contribution in [0.2, 0.25) is 0 Å². The van der Waals surface area contributed by atoms with E-state index in [4.69, 9.17) is 9.47 Å². The first-order chi connectivity index (χ1) is 15.2. The number of methoxy groups -OCH3 is 2. The number of aryl methyl sites for hydroxylation is 1. The summed E-state index contributed by atoms with van der Waals surface area (Å²) in [5.41, 5.74) is 1.23. The number of aromatic nitrogens is 3. The largest absolute Gasteiger partial charge is 0.497 e. The van der Waals surface area contributed by atoms with Crippen LogP contribution in [0.3, 0.4) is 0 Å². The molecular weight excluding hydrogens is 394 g/mol. The lowest BCUT2D eigenvalue weighted by atomic mass is 10.1. The van der Waals surface area contributed by atoms with Gasteiger partial charge in [0.15, 0.2) is 11.8 Å². The second kappa shape index (κ2) is 10.00. The summed E-state index contributed by atoms with van der Waals surface area (Å²) in [6.07, 6.45) is 3.08. The van der Waals surface area contributed by atoms with Crippen molar-refractivity contribution in [1.29, 1.82) is 0 Å². The van der Waals surface area contributed by atoms with Crippen molar-refractivity contribution in [3.63, 3.8) is 0 Å². The maximum absolute atomic E-state index is 5.36. The molecule has 0 radical (unpaired) electrons. The molecule has 9 heteroatoms. The van der Waals surface area contributed by atoms with Crippen molar-refractivity contribution in [3.05, 3.63) is 35.9 Å². The third kappa shape index (κ3) is 5.28. The van der Waals surface area contributed by atoms with Gasteiger partial charge in [0.05, 0.1) is 13.7 Å². The Bertz CT molecular complexity index is 898. The van der Waals surface area contributed by atoms with Crippen LogP contribution >= 0.6 is 0 Å². The molecule has 2 aliphatic rings. The van der Waals surface area contributed by atoms with Crippen LogP contribution in [-0.4, -0.2) is 67.7 Å². The van der Waals surface area contributed by atoms with Gasteiger partial charge in [-0.2, -0.15) is 5.10 Å². The SMILES string of the molecule is CN=C(NCC1CCN(c2cccc(OC)c2)C1)NC1CCc2nc(COC)nn2C1. The number of fused-ring (bicyclic) bond motifs is 1. The highest BCUT2D eigenvalue weighted by atomic mass is 16.5. The van der Waals surface area contributed by atoms with E-state index in [0.29, 0.717) is 12.5 Å². The number of nitrogens with one attached hydrogen (secondary N) is 2. The van der Waals surface area contributed by atoms with Crippen molar-refractivity contribution in [3.8, 4) is 5.75 Å². The normalized spacial score (nSPS) is 21.1. The van der Waals surface area contributed by atoms with E-state index in [9.17, 15) is 0 Å². The molecule has 9 nitrogen and oxygen atoms in total. The molecule has 2 unspecified atom stereocenters. The lowest BCUT2D eigenvalue weighted by molar-refractivity contribution is 0.177. The molecule has 31 heavy (non-hydrogen) atoms. The summed E-state index contributed by atoms with van der Waals surface area (Å²) >= 11 is 0. The molecule has 1 fully saturated rings. The molecule has 3 heterocycles. The van der Waals surface area contributed by atoms with Gasteiger partial charge in [0, 0.05) is 58.0 Å². The van der Waals surface area contributed by atoms with Crippen LogP contribution in [0.5, 0.6) is 5.75 Å². The zero-order chi connectivity index (χ0) is 21.6. The van der Waals surface area contributed by atoms with Gasteiger partial charge < -0.3 is 25.0 Å². The Labute approximate surface area is 183 Å². The molecule has 1 saturated heterocycles. The maximum atomic E-state index is 5.36. The number of rotatable bonds is 7.